The van der Waals surface area contributed by atoms with Crippen molar-refractivity contribution in [3.05, 3.63) is 58.1 Å². The molecule has 0 atom stereocenters. The number of anilines is 1. The Bertz CT molecular complexity index is 922. The molecule has 2 aromatic carbocycles. The molecule has 1 aliphatic rings. The average molecular weight is 437 g/mol. The minimum absolute atomic E-state index is 0.0602. The summed E-state index contributed by atoms with van der Waals surface area (Å²) < 4.78 is 28.7. The van der Waals surface area contributed by atoms with Crippen LogP contribution in [0, 0.1) is 6.92 Å². The molecule has 7 heteroatoms. The number of benzene rings is 2. The van der Waals surface area contributed by atoms with Crippen LogP contribution in [0.1, 0.15) is 41.6 Å². The van der Waals surface area contributed by atoms with E-state index in [0.717, 1.165) is 31.2 Å². The van der Waals surface area contributed by atoms with E-state index in [9.17, 15) is 13.2 Å². The molecule has 0 spiro atoms. The standard InChI is InChI=1S/C19H21BrN2O3S/c1-13-9-10-17(20)18(11-13)22-26(24,25)16-8-4-5-14(12-16)19(23)21-15-6-2-3-7-15/h4-5,8-12,15,22H,2-3,6-7H2,1H3,(H,21,23). The summed E-state index contributed by atoms with van der Waals surface area (Å²) in [5.41, 5.74) is 1.75. The molecule has 0 heterocycles. The van der Waals surface area contributed by atoms with Crippen LogP contribution in [0.5, 0.6) is 0 Å². The van der Waals surface area contributed by atoms with E-state index in [0.29, 0.717) is 15.7 Å². The first-order valence-electron chi connectivity index (χ1n) is 8.55. The molecule has 2 N–H and O–H groups in total. The summed E-state index contributed by atoms with van der Waals surface area (Å²) in [7, 11) is -3.80. The molecule has 1 aliphatic carbocycles. The fraction of sp³-hybridized carbons (Fsp3) is 0.316. The second-order valence-corrected chi connectivity index (χ2v) is 9.11. The number of nitrogens with one attached hydrogen (secondary N) is 2. The fourth-order valence-electron chi connectivity index (χ4n) is 3.06. The van der Waals surface area contributed by atoms with Gasteiger partial charge in [-0.15, -0.1) is 0 Å². The van der Waals surface area contributed by atoms with Crippen molar-refractivity contribution in [1.29, 1.82) is 0 Å². The maximum Gasteiger partial charge on any atom is 0.261 e. The van der Waals surface area contributed by atoms with Crippen LogP contribution in [0.4, 0.5) is 5.69 Å². The maximum absolute atomic E-state index is 12.7. The Morgan fingerprint density at radius 1 is 1.12 bits per heavy atom. The third-order valence-electron chi connectivity index (χ3n) is 4.46. The van der Waals surface area contributed by atoms with Gasteiger partial charge in [-0.05, 0) is 71.6 Å². The van der Waals surface area contributed by atoms with E-state index in [2.05, 4.69) is 26.0 Å². The molecule has 2 aromatic rings. The highest BCUT2D eigenvalue weighted by molar-refractivity contribution is 9.10. The number of carbonyl (C=O) groups is 1. The van der Waals surface area contributed by atoms with E-state index in [1.165, 1.54) is 12.1 Å². The monoisotopic (exact) mass is 436 g/mol. The van der Waals surface area contributed by atoms with Crippen LogP contribution in [-0.2, 0) is 10.0 Å². The first-order chi connectivity index (χ1) is 12.3. The van der Waals surface area contributed by atoms with Gasteiger partial charge in [-0.2, -0.15) is 0 Å². The van der Waals surface area contributed by atoms with Crippen LogP contribution >= 0.6 is 15.9 Å². The molecule has 0 aliphatic heterocycles. The van der Waals surface area contributed by atoms with Crippen LogP contribution in [0.3, 0.4) is 0 Å². The van der Waals surface area contributed by atoms with Gasteiger partial charge in [-0.3, -0.25) is 9.52 Å². The Morgan fingerprint density at radius 3 is 2.58 bits per heavy atom. The Labute approximate surface area is 162 Å². The van der Waals surface area contributed by atoms with Gasteiger partial charge in [0.25, 0.3) is 15.9 Å². The normalized spacial score (nSPS) is 15.0. The van der Waals surface area contributed by atoms with Gasteiger partial charge in [-0.1, -0.05) is 25.0 Å². The lowest BCUT2D eigenvalue weighted by molar-refractivity contribution is 0.0937. The largest absolute Gasteiger partial charge is 0.349 e. The summed E-state index contributed by atoms with van der Waals surface area (Å²) in [4.78, 5) is 12.5. The molecule has 0 unspecified atom stereocenters. The topological polar surface area (TPSA) is 75.3 Å². The number of halogens is 1. The van der Waals surface area contributed by atoms with E-state index >= 15 is 0 Å². The van der Waals surface area contributed by atoms with E-state index in [1.807, 2.05) is 13.0 Å². The lowest BCUT2D eigenvalue weighted by Crippen LogP contribution is -2.32. The van der Waals surface area contributed by atoms with Crippen LogP contribution in [0.15, 0.2) is 51.8 Å². The van der Waals surface area contributed by atoms with Crippen molar-refractivity contribution in [2.24, 2.45) is 0 Å². The third kappa shape index (κ3) is 4.45. The maximum atomic E-state index is 12.7. The predicted molar refractivity (Wildman–Crippen MR) is 106 cm³/mol. The highest BCUT2D eigenvalue weighted by Crippen LogP contribution is 2.26. The number of carbonyl (C=O) groups excluding carboxylic acids is 1. The summed E-state index contributed by atoms with van der Waals surface area (Å²) >= 11 is 3.35. The van der Waals surface area contributed by atoms with Crippen molar-refractivity contribution < 1.29 is 13.2 Å². The number of amides is 1. The summed E-state index contributed by atoms with van der Waals surface area (Å²) in [6.45, 7) is 1.89. The number of aryl methyl sites for hydroxylation is 1. The first-order valence-corrected chi connectivity index (χ1v) is 10.8. The van der Waals surface area contributed by atoms with Crippen LogP contribution in [0.2, 0.25) is 0 Å². The summed E-state index contributed by atoms with van der Waals surface area (Å²) in [6.07, 6.45) is 4.20. The molecule has 138 valence electrons. The first kappa shape index (κ1) is 18.9. The Hall–Kier alpha value is -1.86. The van der Waals surface area contributed by atoms with Gasteiger partial charge < -0.3 is 5.32 Å². The molecule has 0 saturated heterocycles. The van der Waals surface area contributed by atoms with Gasteiger partial charge >= 0.3 is 0 Å². The number of hydrogen-bond donors (Lipinski definition) is 2. The van der Waals surface area contributed by atoms with Gasteiger partial charge in [0.1, 0.15) is 0 Å². The number of sulfonamides is 1. The van der Waals surface area contributed by atoms with Crippen molar-refractivity contribution in [3.8, 4) is 0 Å². The van der Waals surface area contributed by atoms with E-state index < -0.39 is 10.0 Å². The summed E-state index contributed by atoms with van der Waals surface area (Å²) in [5.74, 6) is -0.231. The molecule has 1 fully saturated rings. The zero-order valence-corrected chi connectivity index (χ0v) is 16.9. The summed E-state index contributed by atoms with van der Waals surface area (Å²) in [5, 5.41) is 2.98. The molecule has 1 amide bonds. The molecule has 0 bridgehead atoms. The minimum Gasteiger partial charge on any atom is -0.349 e. The van der Waals surface area contributed by atoms with Crippen molar-refractivity contribution in [2.75, 3.05) is 4.72 Å². The minimum atomic E-state index is -3.80. The van der Waals surface area contributed by atoms with Gasteiger partial charge in [0.2, 0.25) is 0 Å². The smallest absolute Gasteiger partial charge is 0.261 e. The van der Waals surface area contributed by atoms with E-state index in [1.54, 1.807) is 24.3 Å². The molecule has 3 rings (SSSR count). The lowest BCUT2D eigenvalue weighted by atomic mass is 10.2. The second kappa shape index (κ2) is 7.80. The third-order valence-corrected chi connectivity index (χ3v) is 6.52. The fourth-order valence-corrected chi connectivity index (χ4v) is 4.66. The van der Waals surface area contributed by atoms with Crippen molar-refractivity contribution in [3.63, 3.8) is 0 Å². The average Bonchev–Trinajstić information content (AvgIpc) is 3.11. The van der Waals surface area contributed by atoms with E-state index in [4.69, 9.17) is 0 Å². The molecule has 0 aromatic heterocycles. The zero-order valence-electron chi connectivity index (χ0n) is 14.5. The molecule has 5 nitrogen and oxygen atoms in total. The van der Waals surface area contributed by atoms with Gasteiger partial charge in [0, 0.05) is 16.1 Å². The molecular formula is C19H21BrN2O3S. The van der Waals surface area contributed by atoms with Crippen LogP contribution in [-0.4, -0.2) is 20.4 Å². The molecule has 26 heavy (non-hydrogen) atoms. The molecule has 1 saturated carbocycles. The van der Waals surface area contributed by atoms with Crippen molar-refractivity contribution >= 4 is 37.5 Å². The second-order valence-electron chi connectivity index (χ2n) is 6.57. The van der Waals surface area contributed by atoms with Crippen LogP contribution in [0.25, 0.3) is 0 Å². The zero-order chi connectivity index (χ0) is 18.7. The van der Waals surface area contributed by atoms with Crippen LogP contribution < -0.4 is 10.0 Å². The van der Waals surface area contributed by atoms with Gasteiger partial charge in [-0.25, -0.2) is 8.42 Å². The van der Waals surface area contributed by atoms with Crippen molar-refractivity contribution in [2.45, 2.75) is 43.5 Å². The Morgan fingerprint density at radius 2 is 1.85 bits per heavy atom. The quantitative estimate of drug-likeness (QED) is 0.735. The molecule has 0 radical (unpaired) electrons. The van der Waals surface area contributed by atoms with Crippen molar-refractivity contribution in [1.82, 2.24) is 5.32 Å². The molecular weight excluding hydrogens is 416 g/mol. The highest BCUT2D eigenvalue weighted by Gasteiger charge is 2.20. The van der Waals surface area contributed by atoms with Gasteiger partial charge in [0.15, 0.2) is 0 Å². The van der Waals surface area contributed by atoms with Gasteiger partial charge in [0.05, 0.1) is 10.6 Å². The highest BCUT2D eigenvalue weighted by atomic mass is 79.9. The summed E-state index contributed by atoms with van der Waals surface area (Å²) in [6, 6.07) is 11.7. The number of rotatable bonds is 5. The lowest BCUT2D eigenvalue weighted by Gasteiger charge is -2.13. The number of hydrogen-bond acceptors (Lipinski definition) is 3. The Balaban J connectivity index is 1.81. The SMILES string of the molecule is Cc1ccc(Br)c(NS(=O)(=O)c2cccc(C(=O)NC3CCCC3)c2)c1. The Kier molecular flexibility index (Phi) is 5.67. The predicted octanol–water partition coefficient (Wildman–Crippen LogP) is 4.23. The van der Waals surface area contributed by atoms with E-state index in [-0.39, 0.29) is 16.8 Å².